The molecule has 1 aromatic rings. The largest absolute Gasteiger partial charge is 0.366 e. The van der Waals surface area contributed by atoms with E-state index in [1.807, 2.05) is 12.1 Å². The highest BCUT2D eigenvalue weighted by molar-refractivity contribution is 5.48. The van der Waals surface area contributed by atoms with Crippen molar-refractivity contribution in [3.63, 3.8) is 0 Å². The van der Waals surface area contributed by atoms with E-state index in [1.54, 1.807) is 6.33 Å². The van der Waals surface area contributed by atoms with Crippen LogP contribution in [0.3, 0.4) is 0 Å². The molecule has 0 atom stereocenters. The van der Waals surface area contributed by atoms with Crippen LogP contribution in [0, 0.1) is 0 Å². The van der Waals surface area contributed by atoms with Gasteiger partial charge < -0.3 is 15.5 Å². The van der Waals surface area contributed by atoms with Crippen molar-refractivity contribution in [1.82, 2.24) is 15.3 Å². The Morgan fingerprint density at radius 2 is 2.35 bits per heavy atom. The average Bonchev–Trinajstić information content (AvgIpc) is 2.65. The summed E-state index contributed by atoms with van der Waals surface area (Å²) in [5, 5.41) is 6.56. The third-order valence-electron chi connectivity index (χ3n) is 2.74. The number of aromatic nitrogens is 2. The maximum atomic E-state index is 4.33. The molecule has 0 saturated carbocycles. The molecule has 0 unspecified atom stereocenters. The van der Waals surface area contributed by atoms with Gasteiger partial charge in [0.1, 0.15) is 18.0 Å². The lowest BCUT2D eigenvalue weighted by molar-refractivity contribution is 0.724. The number of nitrogens with zero attached hydrogens (tertiary/aromatic N) is 3. The fourth-order valence-corrected chi connectivity index (χ4v) is 1.87. The van der Waals surface area contributed by atoms with E-state index in [0.29, 0.717) is 0 Å². The van der Waals surface area contributed by atoms with Crippen LogP contribution in [-0.2, 0) is 0 Å². The first-order valence-corrected chi connectivity index (χ1v) is 6.02. The van der Waals surface area contributed by atoms with Crippen LogP contribution in [0.15, 0.2) is 25.0 Å². The topological polar surface area (TPSA) is 53.1 Å². The van der Waals surface area contributed by atoms with Gasteiger partial charge in [0.05, 0.1) is 0 Å². The Morgan fingerprint density at radius 3 is 3.24 bits per heavy atom. The van der Waals surface area contributed by atoms with E-state index in [4.69, 9.17) is 0 Å². The van der Waals surface area contributed by atoms with E-state index in [1.165, 1.54) is 0 Å². The van der Waals surface area contributed by atoms with Crippen LogP contribution < -0.4 is 15.5 Å². The molecule has 5 nitrogen and oxygen atoms in total. The molecule has 2 rings (SSSR count). The first-order chi connectivity index (χ1) is 8.40. The number of nitrogens with one attached hydrogen (secondary N) is 2. The third kappa shape index (κ3) is 3.42. The van der Waals surface area contributed by atoms with Gasteiger partial charge in [-0.2, -0.15) is 0 Å². The third-order valence-corrected chi connectivity index (χ3v) is 2.74. The van der Waals surface area contributed by atoms with Gasteiger partial charge in [0.15, 0.2) is 0 Å². The van der Waals surface area contributed by atoms with E-state index in [0.717, 1.165) is 50.8 Å². The van der Waals surface area contributed by atoms with Crippen LogP contribution >= 0.6 is 0 Å². The Hall–Kier alpha value is -1.62. The summed E-state index contributed by atoms with van der Waals surface area (Å²) in [5.74, 6) is 1.85. The second kappa shape index (κ2) is 6.20. The van der Waals surface area contributed by atoms with Gasteiger partial charge in [-0.3, -0.25) is 0 Å². The van der Waals surface area contributed by atoms with Crippen LogP contribution in [0.1, 0.15) is 6.42 Å². The van der Waals surface area contributed by atoms with E-state index in [9.17, 15) is 0 Å². The molecule has 1 aliphatic heterocycles. The maximum Gasteiger partial charge on any atom is 0.134 e. The smallest absolute Gasteiger partial charge is 0.134 e. The van der Waals surface area contributed by atoms with Gasteiger partial charge in [-0.1, -0.05) is 6.08 Å². The van der Waals surface area contributed by atoms with Crippen molar-refractivity contribution in [3.8, 4) is 0 Å². The van der Waals surface area contributed by atoms with Crippen molar-refractivity contribution in [2.45, 2.75) is 6.42 Å². The van der Waals surface area contributed by atoms with Crippen molar-refractivity contribution in [2.75, 3.05) is 42.9 Å². The lowest BCUT2D eigenvalue weighted by atomic mass is 10.4. The van der Waals surface area contributed by atoms with Gasteiger partial charge in [-0.05, 0) is 13.0 Å². The van der Waals surface area contributed by atoms with Gasteiger partial charge in [-0.25, -0.2) is 9.97 Å². The molecule has 2 N–H and O–H groups in total. The predicted octanol–water partition coefficient (Wildman–Crippen LogP) is 0.874. The molecule has 0 aliphatic carbocycles. The van der Waals surface area contributed by atoms with Crippen LogP contribution in [0.25, 0.3) is 0 Å². The standard InChI is InChI=1S/C12H19N5/c1-2-4-14-11-9-12(16-10-15-11)17-7-3-5-13-6-8-17/h2,9-10,13H,1,3-8H2,(H,14,15,16). The summed E-state index contributed by atoms with van der Waals surface area (Å²) in [6.07, 6.45) is 4.58. The average molecular weight is 233 g/mol. The SMILES string of the molecule is C=CCNc1cc(N2CCCNCC2)ncn1. The molecule has 0 spiro atoms. The summed E-state index contributed by atoms with van der Waals surface area (Å²) in [5.41, 5.74) is 0. The minimum Gasteiger partial charge on any atom is -0.366 e. The summed E-state index contributed by atoms with van der Waals surface area (Å²) >= 11 is 0. The van der Waals surface area contributed by atoms with Gasteiger partial charge in [0, 0.05) is 32.2 Å². The zero-order valence-corrected chi connectivity index (χ0v) is 10.0. The Bertz CT molecular complexity index is 358. The van der Waals surface area contributed by atoms with Gasteiger partial charge >= 0.3 is 0 Å². The summed E-state index contributed by atoms with van der Waals surface area (Å²) in [4.78, 5) is 10.8. The van der Waals surface area contributed by atoms with Crippen molar-refractivity contribution in [1.29, 1.82) is 0 Å². The van der Waals surface area contributed by atoms with Gasteiger partial charge in [-0.15, -0.1) is 6.58 Å². The molecule has 0 amide bonds. The monoisotopic (exact) mass is 233 g/mol. The van der Waals surface area contributed by atoms with Crippen molar-refractivity contribution in [3.05, 3.63) is 25.0 Å². The number of hydrogen-bond acceptors (Lipinski definition) is 5. The Balaban J connectivity index is 2.05. The molecule has 0 bridgehead atoms. The normalized spacial score (nSPS) is 16.4. The van der Waals surface area contributed by atoms with Crippen LogP contribution in [0.5, 0.6) is 0 Å². The first kappa shape index (κ1) is 11.9. The Labute approximate surface area is 102 Å². The van der Waals surface area contributed by atoms with Crippen LogP contribution in [0.2, 0.25) is 0 Å². The van der Waals surface area contributed by atoms with Crippen molar-refractivity contribution in [2.24, 2.45) is 0 Å². The molecule has 1 fully saturated rings. The van der Waals surface area contributed by atoms with E-state index < -0.39 is 0 Å². The molecule has 1 aromatic heterocycles. The molecular formula is C12H19N5. The van der Waals surface area contributed by atoms with E-state index in [2.05, 4.69) is 32.1 Å². The highest BCUT2D eigenvalue weighted by atomic mass is 15.2. The summed E-state index contributed by atoms with van der Waals surface area (Å²) < 4.78 is 0. The minimum atomic E-state index is 0.720. The van der Waals surface area contributed by atoms with E-state index >= 15 is 0 Å². The Kier molecular flexibility index (Phi) is 4.32. The molecule has 17 heavy (non-hydrogen) atoms. The Morgan fingerprint density at radius 1 is 1.41 bits per heavy atom. The van der Waals surface area contributed by atoms with Crippen molar-refractivity contribution < 1.29 is 0 Å². The molecule has 1 aliphatic rings. The van der Waals surface area contributed by atoms with E-state index in [-0.39, 0.29) is 0 Å². The first-order valence-electron chi connectivity index (χ1n) is 6.02. The lowest BCUT2D eigenvalue weighted by Crippen LogP contribution is -2.28. The molecular weight excluding hydrogens is 214 g/mol. The highest BCUT2D eigenvalue weighted by Gasteiger charge is 2.11. The second-order valence-electron chi connectivity index (χ2n) is 4.02. The summed E-state index contributed by atoms with van der Waals surface area (Å²) in [7, 11) is 0. The number of anilines is 2. The second-order valence-corrected chi connectivity index (χ2v) is 4.02. The molecule has 0 aromatic carbocycles. The fourth-order valence-electron chi connectivity index (χ4n) is 1.87. The molecule has 1 saturated heterocycles. The number of hydrogen-bond donors (Lipinski definition) is 2. The molecule has 5 heteroatoms. The highest BCUT2D eigenvalue weighted by Crippen LogP contribution is 2.14. The van der Waals surface area contributed by atoms with Gasteiger partial charge in [0.2, 0.25) is 0 Å². The number of rotatable bonds is 4. The van der Waals surface area contributed by atoms with Gasteiger partial charge in [0.25, 0.3) is 0 Å². The zero-order valence-electron chi connectivity index (χ0n) is 10.0. The quantitative estimate of drug-likeness (QED) is 0.756. The van der Waals surface area contributed by atoms with Crippen molar-refractivity contribution >= 4 is 11.6 Å². The fraction of sp³-hybridized carbons (Fsp3) is 0.500. The molecule has 92 valence electrons. The lowest BCUT2D eigenvalue weighted by Gasteiger charge is -2.21. The summed E-state index contributed by atoms with van der Waals surface area (Å²) in [6.45, 7) is 8.54. The zero-order chi connectivity index (χ0) is 11.9. The molecule has 0 radical (unpaired) electrons. The predicted molar refractivity (Wildman–Crippen MR) is 70.4 cm³/mol. The summed E-state index contributed by atoms with van der Waals surface area (Å²) in [6, 6.07) is 1.99. The maximum absolute atomic E-state index is 4.33. The molecule has 2 heterocycles. The van der Waals surface area contributed by atoms with Crippen LogP contribution in [-0.4, -0.2) is 42.7 Å². The minimum absolute atomic E-state index is 0.720. The van der Waals surface area contributed by atoms with Crippen LogP contribution in [0.4, 0.5) is 11.6 Å².